The fourth-order valence-electron chi connectivity index (χ4n) is 3.49. The molecule has 1 aromatic rings. The Morgan fingerprint density at radius 2 is 1.14 bits per heavy atom. The molecule has 102 valence electrons. The van der Waals surface area contributed by atoms with Gasteiger partial charge in [-0.15, -0.1) is 0 Å². The van der Waals surface area contributed by atoms with E-state index in [9.17, 15) is 8.78 Å². The monoisotopic (exact) mass is 281 g/mol. The number of nitrogens with one attached hydrogen (secondary N) is 1. The van der Waals surface area contributed by atoms with Gasteiger partial charge >= 0.3 is 0 Å². The van der Waals surface area contributed by atoms with Gasteiger partial charge in [0.2, 0.25) is 0 Å². The van der Waals surface area contributed by atoms with Crippen molar-refractivity contribution < 1.29 is 13.5 Å². The normalized spacial score (nSPS) is 21.4. The van der Waals surface area contributed by atoms with Crippen LogP contribution in [-0.4, -0.2) is 78.9 Å². The molecule has 1 aromatic carbocycles. The third-order valence-electron chi connectivity index (χ3n) is 5.31. The molecule has 0 unspecified atom stereocenters. The van der Waals surface area contributed by atoms with Gasteiger partial charge in [-0.2, -0.15) is 0 Å². The average molecular weight is 280 g/mol. The van der Waals surface area contributed by atoms with Crippen molar-refractivity contribution in [3.05, 3.63) is 11.6 Å². The van der Waals surface area contributed by atoms with E-state index in [4.69, 9.17) is 4.74 Å². The summed E-state index contributed by atoms with van der Waals surface area (Å²) in [5.41, 5.74) is 0.217. The fraction of sp³-hybridized carbons (Fsp3) is 0.333. The highest BCUT2D eigenvalue weighted by molar-refractivity contribution is 6.56. The lowest BCUT2D eigenvalue weighted by atomic mass is 9.27. The van der Waals surface area contributed by atoms with Crippen LogP contribution in [0.4, 0.5) is 8.78 Å². The van der Waals surface area contributed by atoms with Crippen LogP contribution in [0.2, 0.25) is 0 Å². The Morgan fingerprint density at radius 1 is 0.762 bits per heavy atom. The minimum Gasteiger partial charge on any atom is -0.497 e. The summed E-state index contributed by atoms with van der Waals surface area (Å²) >= 11 is 0. The summed E-state index contributed by atoms with van der Waals surface area (Å²) in [7, 11) is 14.8. The number of hydrogen-bond donors (Lipinski definition) is 1. The zero-order chi connectivity index (χ0) is 16.4. The van der Waals surface area contributed by atoms with E-state index in [0.717, 1.165) is 0 Å². The molecule has 2 rings (SSSR count). The molecule has 0 radical (unpaired) electrons. The van der Waals surface area contributed by atoms with E-state index < -0.39 is 17.1 Å². The van der Waals surface area contributed by atoms with Gasteiger partial charge in [-0.05, 0) is 27.1 Å². The van der Waals surface area contributed by atoms with Gasteiger partial charge in [0.05, 0.1) is 5.50 Å². The second kappa shape index (κ2) is 4.68. The highest BCUT2D eigenvalue weighted by Crippen LogP contribution is 2.37. The maximum absolute atomic E-state index is 14.2. The molecule has 0 amide bonds. The Bertz CT molecular complexity index is 579. The molecule has 0 spiro atoms. The minimum absolute atomic E-state index is 0.0488. The lowest BCUT2D eigenvalue weighted by molar-refractivity contribution is 0.0200. The second-order valence-electron chi connectivity index (χ2n) is 7.34. The summed E-state index contributed by atoms with van der Waals surface area (Å²) < 4.78 is 34.6. The molecule has 1 saturated heterocycles. The Labute approximate surface area is 132 Å². The standard InChI is InChI=1S/C9H17B8F2NO/c10-1-4(18)2(11)6(3(12)5(1)19)21-7(13)8(14,15)20-9(7,16)17/h20H,10-17H2. The molecular weight excluding hydrogens is 263 g/mol. The molecule has 1 N–H and O–H groups in total. The zero-order valence-electron chi connectivity index (χ0n) is 14.2. The summed E-state index contributed by atoms with van der Waals surface area (Å²) in [6, 6.07) is 0. The number of rotatable bonds is 2. The van der Waals surface area contributed by atoms with Crippen LogP contribution >= 0.6 is 0 Å². The second-order valence-corrected chi connectivity index (χ2v) is 7.34. The first-order valence-electron chi connectivity index (χ1n) is 7.29. The van der Waals surface area contributed by atoms with Crippen LogP contribution < -0.4 is 26.4 Å². The van der Waals surface area contributed by atoms with Gasteiger partial charge < -0.3 is 10.1 Å². The van der Waals surface area contributed by atoms with Crippen molar-refractivity contribution in [2.75, 3.05) is 0 Å². The molecule has 2 nitrogen and oxygen atoms in total. The van der Waals surface area contributed by atoms with E-state index in [1.54, 1.807) is 15.7 Å². The van der Waals surface area contributed by atoms with Crippen LogP contribution in [0, 0.1) is 11.6 Å². The summed E-state index contributed by atoms with van der Waals surface area (Å²) in [6.07, 6.45) is 0. The van der Waals surface area contributed by atoms with Gasteiger partial charge in [-0.1, -0.05) is 0 Å². The molecule has 21 heavy (non-hydrogen) atoms. The molecule has 0 bridgehead atoms. The van der Waals surface area contributed by atoms with Crippen molar-refractivity contribution in [3.8, 4) is 5.75 Å². The third kappa shape index (κ3) is 2.13. The molecule has 0 aliphatic carbocycles. The molecule has 0 atom stereocenters. The number of hydrogen-bond acceptors (Lipinski definition) is 2. The Kier molecular flexibility index (Phi) is 3.72. The Hall–Kier alpha value is -0.641. The van der Waals surface area contributed by atoms with E-state index in [0.29, 0.717) is 16.7 Å². The third-order valence-corrected chi connectivity index (χ3v) is 5.31. The molecule has 0 aromatic heterocycles. The quantitative estimate of drug-likeness (QED) is 0.543. The average Bonchev–Trinajstić information content (AvgIpc) is 2.37. The van der Waals surface area contributed by atoms with Gasteiger partial charge in [0.1, 0.15) is 72.3 Å². The van der Waals surface area contributed by atoms with Crippen LogP contribution in [0.5, 0.6) is 5.75 Å². The largest absolute Gasteiger partial charge is 0.497 e. The summed E-state index contributed by atoms with van der Waals surface area (Å²) in [6.45, 7) is 0. The molecule has 0 saturated carbocycles. The van der Waals surface area contributed by atoms with Crippen LogP contribution in [0.3, 0.4) is 0 Å². The summed E-state index contributed by atoms with van der Waals surface area (Å²) in [4.78, 5) is 0. The van der Waals surface area contributed by atoms with Crippen LogP contribution in [0.15, 0.2) is 0 Å². The maximum Gasteiger partial charge on any atom is 0.159 e. The lowest BCUT2D eigenvalue weighted by Gasteiger charge is -2.68. The molecule has 1 heterocycles. The van der Waals surface area contributed by atoms with Crippen molar-refractivity contribution in [1.82, 2.24) is 5.32 Å². The SMILES string of the molecule is Bc1c(F)c(B)c(OC2(B)C(B)(B)NC2(B)B)c(B)c1F. The zero-order valence-corrected chi connectivity index (χ0v) is 14.2. The van der Waals surface area contributed by atoms with E-state index in [-0.39, 0.29) is 16.1 Å². The van der Waals surface area contributed by atoms with Crippen molar-refractivity contribution in [2.45, 2.75) is 16.2 Å². The Morgan fingerprint density at radius 3 is 1.48 bits per heavy atom. The highest BCUT2D eigenvalue weighted by Gasteiger charge is 2.62. The first kappa shape index (κ1) is 16.7. The lowest BCUT2D eigenvalue weighted by Crippen LogP contribution is -2.94. The molecule has 12 heteroatoms. The van der Waals surface area contributed by atoms with E-state index in [1.165, 1.54) is 7.85 Å². The minimum atomic E-state index is -0.566. The van der Waals surface area contributed by atoms with E-state index in [1.807, 2.05) is 39.2 Å². The number of ether oxygens (including phenoxy) is 1. The van der Waals surface area contributed by atoms with Gasteiger partial charge in [0.25, 0.3) is 0 Å². The first-order chi connectivity index (χ1) is 9.36. The predicted molar refractivity (Wildman–Crippen MR) is 106 cm³/mol. The van der Waals surface area contributed by atoms with Crippen molar-refractivity contribution in [2.24, 2.45) is 0 Å². The van der Waals surface area contributed by atoms with Crippen LogP contribution in [0.1, 0.15) is 0 Å². The fourth-order valence-corrected chi connectivity index (χ4v) is 3.49. The topological polar surface area (TPSA) is 21.3 Å². The molecule has 1 fully saturated rings. The maximum atomic E-state index is 14.2. The van der Waals surface area contributed by atoms with E-state index in [2.05, 4.69) is 5.32 Å². The van der Waals surface area contributed by atoms with Crippen LogP contribution in [0.25, 0.3) is 0 Å². The molecular formula is C9H17B8F2NO. The van der Waals surface area contributed by atoms with Gasteiger partial charge in [-0.3, -0.25) is 0 Å². The Balaban J connectivity index is 2.55. The van der Waals surface area contributed by atoms with Crippen molar-refractivity contribution in [3.63, 3.8) is 0 Å². The predicted octanol–water partition coefficient (Wildman–Crippen LogP) is -9.11. The van der Waals surface area contributed by atoms with Crippen molar-refractivity contribution >= 4 is 79.2 Å². The number of benzene rings is 1. The first-order valence-corrected chi connectivity index (χ1v) is 7.29. The van der Waals surface area contributed by atoms with Gasteiger partial charge in [0.15, 0.2) is 7.85 Å². The highest BCUT2D eigenvalue weighted by atomic mass is 19.1. The van der Waals surface area contributed by atoms with Gasteiger partial charge in [-0.25, -0.2) is 8.78 Å². The molecule has 1 aliphatic rings. The van der Waals surface area contributed by atoms with Crippen molar-refractivity contribution in [1.29, 1.82) is 0 Å². The number of halogens is 2. The van der Waals surface area contributed by atoms with Gasteiger partial charge in [0, 0.05) is 0 Å². The summed E-state index contributed by atoms with van der Waals surface area (Å²) in [5, 5.41) is 2.87. The summed E-state index contributed by atoms with van der Waals surface area (Å²) in [5.74, 6) is -0.736. The molecule has 1 aliphatic heterocycles. The smallest absolute Gasteiger partial charge is 0.159 e. The van der Waals surface area contributed by atoms with Crippen LogP contribution in [-0.2, 0) is 0 Å². The van der Waals surface area contributed by atoms with E-state index >= 15 is 0 Å².